The molecule has 1 aliphatic rings. The fourth-order valence-corrected chi connectivity index (χ4v) is 3.53. The SMILES string of the molecule is CCOc1ccc(/C=C/C(=O)N2CCCN(Cc3ccccc3)CC2)cc1OC. The molecule has 1 saturated heterocycles. The van der Waals surface area contributed by atoms with E-state index in [9.17, 15) is 4.79 Å². The van der Waals surface area contributed by atoms with E-state index in [-0.39, 0.29) is 5.91 Å². The van der Waals surface area contributed by atoms with Crippen LogP contribution in [0.1, 0.15) is 24.5 Å². The van der Waals surface area contributed by atoms with Crippen LogP contribution in [0, 0.1) is 0 Å². The molecule has 1 fully saturated rings. The van der Waals surface area contributed by atoms with Gasteiger partial charge in [0.05, 0.1) is 13.7 Å². The van der Waals surface area contributed by atoms with Gasteiger partial charge in [-0.3, -0.25) is 9.69 Å². The van der Waals surface area contributed by atoms with Gasteiger partial charge in [-0.1, -0.05) is 36.4 Å². The maximum atomic E-state index is 12.7. The van der Waals surface area contributed by atoms with Crippen molar-refractivity contribution in [2.75, 3.05) is 39.9 Å². The third-order valence-corrected chi connectivity index (χ3v) is 5.06. The standard InChI is InChI=1S/C24H30N2O3/c1-3-29-22-12-10-20(18-23(22)28-2)11-13-24(27)26-15-7-14-25(16-17-26)19-21-8-5-4-6-9-21/h4-6,8-13,18H,3,7,14-17,19H2,1-2H3/b13-11+. The Kier molecular flexibility index (Phi) is 7.70. The summed E-state index contributed by atoms with van der Waals surface area (Å²) in [5, 5.41) is 0. The van der Waals surface area contributed by atoms with E-state index in [1.807, 2.05) is 42.2 Å². The van der Waals surface area contributed by atoms with Gasteiger partial charge in [-0.15, -0.1) is 0 Å². The van der Waals surface area contributed by atoms with E-state index in [0.717, 1.165) is 44.7 Å². The molecule has 0 saturated carbocycles. The van der Waals surface area contributed by atoms with Crippen LogP contribution in [0.3, 0.4) is 0 Å². The van der Waals surface area contributed by atoms with Crippen LogP contribution in [0.15, 0.2) is 54.6 Å². The number of rotatable bonds is 7. The lowest BCUT2D eigenvalue weighted by atomic mass is 10.2. The number of hydrogen-bond donors (Lipinski definition) is 0. The largest absolute Gasteiger partial charge is 0.493 e. The molecular weight excluding hydrogens is 364 g/mol. The van der Waals surface area contributed by atoms with Gasteiger partial charge < -0.3 is 14.4 Å². The zero-order valence-electron chi connectivity index (χ0n) is 17.3. The van der Waals surface area contributed by atoms with Gasteiger partial charge in [0.1, 0.15) is 0 Å². The molecule has 0 aromatic heterocycles. The second-order valence-electron chi connectivity index (χ2n) is 7.12. The first-order valence-electron chi connectivity index (χ1n) is 10.2. The first-order chi connectivity index (χ1) is 14.2. The Bertz CT molecular complexity index is 820. The summed E-state index contributed by atoms with van der Waals surface area (Å²) in [4.78, 5) is 17.0. The lowest BCUT2D eigenvalue weighted by Crippen LogP contribution is -2.34. The Balaban J connectivity index is 1.56. The van der Waals surface area contributed by atoms with Crippen LogP contribution in [0.4, 0.5) is 0 Å². The number of methoxy groups -OCH3 is 1. The van der Waals surface area contributed by atoms with E-state index in [1.165, 1.54) is 5.56 Å². The average molecular weight is 395 g/mol. The van der Waals surface area contributed by atoms with Crippen molar-refractivity contribution in [1.82, 2.24) is 9.80 Å². The molecule has 2 aromatic carbocycles. The van der Waals surface area contributed by atoms with E-state index in [1.54, 1.807) is 13.2 Å². The van der Waals surface area contributed by atoms with Crippen molar-refractivity contribution in [2.24, 2.45) is 0 Å². The van der Waals surface area contributed by atoms with E-state index in [0.29, 0.717) is 18.1 Å². The second kappa shape index (κ2) is 10.7. The number of carbonyl (C=O) groups excluding carboxylic acids is 1. The zero-order valence-corrected chi connectivity index (χ0v) is 17.3. The number of benzene rings is 2. The highest BCUT2D eigenvalue weighted by atomic mass is 16.5. The molecule has 0 atom stereocenters. The highest BCUT2D eigenvalue weighted by molar-refractivity contribution is 5.91. The van der Waals surface area contributed by atoms with Gasteiger partial charge in [0.25, 0.3) is 0 Å². The third kappa shape index (κ3) is 6.09. The normalized spacial score (nSPS) is 15.3. The van der Waals surface area contributed by atoms with Gasteiger partial charge in [0, 0.05) is 38.8 Å². The summed E-state index contributed by atoms with van der Waals surface area (Å²) in [6, 6.07) is 16.2. The quantitative estimate of drug-likeness (QED) is 0.669. The predicted molar refractivity (Wildman–Crippen MR) is 116 cm³/mol. The molecule has 0 N–H and O–H groups in total. The Morgan fingerprint density at radius 1 is 1.03 bits per heavy atom. The number of nitrogens with zero attached hydrogens (tertiary/aromatic N) is 2. The monoisotopic (exact) mass is 394 g/mol. The molecule has 1 aliphatic heterocycles. The fraction of sp³-hybridized carbons (Fsp3) is 0.375. The van der Waals surface area contributed by atoms with Crippen molar-refractivity contribution in [2.45, 2.75) is 19.9 Å². The molecule has 0 unspecified atom stereocenters. The minimum atomic E-state index is 0.0550. The van der Waals surface area contributed by atoms with Crippen molar-refractivity contribution in [3.05, 3.63) is 65.7 Å². The van der Waals surface area contributed by atoms with Crippen molar-refractivity contribution in [3.8, 4) is 11.5 Å². The molecule has 1 heterocycles. The van der Waals surface area contributed by atoms with E-state index in [2.05, 4.69) is 29.2 Å². The topological polar surface area (TPSA) is 42.0 Å². The number of carbonyl (C=O) groups is 1. The summed E-state index contributed by atoms with van der Waals surface area (Å²) in [7, 11) is 1.62. The van der Waals surface area contributed by atoms with E-state index < -0.39 is 0 Å². The molecular formula is C24H30N2O3. The smallest absolute Gasteiger partial charge is 0.246 e. The van der Waals surface area contributed by atoms with Gasteiger partial charge in [0.15, 0.2) is 11.5 Å². The van der Waals surface area contributed by atoms with E-state index in [4.69, 9.17) is 9.47 Å². The van der Waals surface area contributed by atoms with Crippen LogP contribution < -0.4 is 9.47 Å². The zero-order chi connectivity index (χ0) is 20.5. The summed E-state index contributed by atoms with van der Waals surface area (Å²) in [6.45, 7) is 6.91. The molecule has 1 amide bonds. The molecule has 0 bridgehead atoms. The lowest BCUT2D eigenvalue weighted by Gasteiger charge is -2.21. The van der Waals surface area contributed by atoms with Crippen molar-refractivity contribution < 1.29 is 14.3 Å². The average Bonchev–Trinajstić information content (AvgIpc) is 2.99. The van der Waals surface area contributed by atoms with Crippen LogP contribution in [0.5, 0.6) is 11.5 Å². The van der Waals surface area contributed by atoms with Crippen LogP contribution in [-0.2, 0) is 11.3 Å². The molecule has 5 heteroatoms. The highest BCUT2D eigenvalue weighted by Crippen LogP contribution is 2.28. The Morgan fingerprint density at radius 2 is 1.86 bits per heavy atom. The minimum Gasteiger partial charge on any atom is -0.493 e. The van der Waals surface area contributed by atoms with Gasteiger partial charge in [-0.05, 0) is 42.7 Å². The second-order valence-corrected chi connectivity index (χ2v) is 7.12. The Morgan fingerprint density at radius 3 is 2.62 bits per heavy atom. The summed E-state index contributed by atoms with van der Waals surface area (Å²) >= 11 is 0. The summed E-state index contributed by atoms with van der Waals surface area (Å²) in [5.41, 5.74) is 2.23. The van der Waals surface area contributed by atoms with Gasteiger partial charge in [-0.2, -0.15) is 0 Å². The van der Waals surface area contributed by atoms with Crippen molar-refractivity contribution in [1.29, 1.82) is 0 Å². The third-order valence-electron chi connectivity index (χ3n) is 5.06. The summed E-state index contributed by atoms with van der Waals surface area (Å²) < 4.78 is 10.9. The summed E-state index contributed by atoms with van der Waals surface area (Å²) in [5.74, 6) is 1.44. The number of ether oxygens (including phenoxy) is 2. The van der Waals surface area contributed by atoms with Crippen molar-refractivity contribution in [3.63, 3.8) is 0 Å². The van der Waals surface area contributed by atoms with Crippen molar-refractivity contribution >= 4 is 12.0 Å². The molecule has 154 valence electrons. The minimum absolute atomic E-state index is 0.0550. The molecule has 29 heavy (non-hydrogen) atoms. The maximum Gasteiger partial charge on any atom is 0.246 e. The number of amides is 1. The molecule has 0 aliphatic carbocycles. The van der Waals surface area contributed by atoms with Gasteiger partial charge in [0.2, 0.25) is 5.91 Å². The number of hydrogen-bond acceptors (Lipinski definition) is 4. The van der Waals surface area contributed by atoms with Gasteiger partial charge in [-0.25, -0.2) is 0 Å². The fourth-order valence-electron chi connectivity index (χ4n) is 3.53. The van der Waals surface area contributed by atoms with Crippen LogP contribution in [0.2, 0.25) is 0 Å². The molecule has 0 radical (unpaired) electrons. The molecule has 2 aromatic rings. The first kappa shape index (κ1) is 20.9. The predicted octanol–water partition coefficient (Wildman–Crippen LogP) is 3.84. The van der Waals surface area contributed by atoms with Crippen LogP contribution in [-0.4, -0.2) is 55.6 Å². The first-order valence-corrected chi connectivity index (χ1v) is 10.2. The molecule has 0 spiro atoms. The van der Waals surface area contributed by atoms with Gasteiger partial charge >= 0.3 is 0 Å². The molecule has 5 nitrogen and oxygen atoms in total. The highest BCUT2D eigenvalue weighted by Gasteiger charge is 2.17. The Hall–Kier alpha value is -2.79. The lowest BCUT2D eigenvalue weighted by molar-refractivity contribution is -0.125. The molecule has 3 rings (SSSR count). The van der Waals surface area contributed by atoms with Crippen LogP contribution in [0.25, 0.3) is 6.08 Å². The van der Waals surface area contributed by atoms with Crippen LogP contribution >= 0.6 is 0 Å². The summed E-state index contributed by atoms with van der Waals surface area (Å²) in [6.07, 6.45) is 4.48. The maximum absolute atomic E-state index is 12.7. The van der Waals surface area contributed by atoms with E-state index >= 15 is 0 Å². The Labute approximate surface area is 173 Å².